The molecule has 0 aliphatic heterocycles. The van der Waals surface area contributed by atoms with Gasteiger partial charge >= 0.3 is 0 Å². The van der Waals surface area contributed by atoms with Crippen LogP contribution in [0.25, 0.3) is 0 Å². The quantitative estimate of drug-likeness (QED) is 0.0423. The zero-order valence-electron chi connectivity index (χ0n) is 40.0. The molecular weight excluding hydrogens is 771 g/mol. The van der Waals surface area contributed by atoms with Crippen molar-refractivity contribution in [2.75, 3.05) is 6.61 Å². The van der Waals surface area contributed by atoms with Crippen molar-refractivity contribution in [3.05, 3.63) is 170 Å². The smallest absolute Gasteiger partial charge is 0.220 e. The number of aliphatic hydroxyl groups excluding tert-OH is 2. The number of amides is 1. The number of unbranched alkanes of at least 4 members (excludes halogenated alkanes) is 9. The molecule has 0 aliphatic carbocycles. The molecular formula is C59H91NO3. The molecule has 4 heteroatoms. The Morgan fingerprint density at radius 1 is 0.397 bits per heavy atom. The maximum absolute atomic E-state index is 12.4. The van der Waals surface area contributed by atoms with Crippen molar-refractivity contribution in [1.82, 2.24) is 5.32 Å². The van der Waals surface area contributed by atoms with Crippen molar-refractivity contribution in [3.63, 3.8) is 0 Å². The van der Waals surface area contributed by atoms with Gasteiger partial charge in [0, 0.05) is 6.42 Å². The third kappa shape index (κ3) is 48.6. The molecule has 0 saturated heterocycles. The van der Waals surface area contributed by atoms with Gasteiger partial charge in [-0.05, 0) is 122 Å². The van der Waals surface area contributed by atoms with E-state index in [1.54, 1.807) is 6.08 Å². The maximum atomic E-state index is 12.4. The first-order valence-electron chi connectivity index (χ1n) is 24.8. The highest BCUT2D eigenvalue weighted by Gasteiger charge is 2.17. The SMILES string of the molecule is CC/C=C\C/C=C\C/C=C\C/C=C\C/C=C\C/C=C\C/C=C\C/C=C\C/C=C\C/C=C\C/C=C\CCCCCCCC(=O)NC(CO)C(O)/C=C/CC/C=C/CC/C=C/CCCC. The number of aliphatic hydroxyl groups is 2. The summed E-state index contributed by atoms with van der Waals surface area (Å²) in [7, 11) is 0. The predicted octanol–water partition coefficient (Wildman–Crippen LogP) is 16.4. The van der Waals surface area contributed by atoms with Crippen LogP contribution in [0.5, 0.6) is 0 Å². The van der Waals surface area contributed by atoms with Gasteiger partial charge in [0.1, 0.15) is 0 Å². The Morgan fingerprint density at radius 2 is 0.714 bits per heavy atom. The summed E-state index contributed by atoms with van der Waals surface area (Å²) in [6.45, 7) is 4.09. The number of hydrogen-bond donors (Lipinski definition) is 3. The summed E-state index contributed by atoms with van der Waals surface area (Å²) in [6.07, 6.45) is 86.2. The lowest BCUT2D eigenvalue weighted by atomic mass is 10.1. The predicted molar refractivity (Wildman–Crippen MR) is 280 cm³/mol. The molecule has 0 aromatic rings. The average molecular weight is 862 g/mol. The van der Waals surface area contributed by atoms with E-state index in [2.05, 4.69) is 177 Å². The lowest BCUT2D eigenvalue weighted by molar-refractivity contribution is -0.123. The minimum absolute atomic E-state index is 0.108. The van der Waals surface area contributed by atoms with E-state index in [9.17, 15) is 15.0 Å². The van der Waals surface area contributed by atoms with E-state index in [0.29, 0.717) is 6.42 Å². The summed E-state index contributed by atoms with van der Waals surface area (Å²) in [6, 6.07) is -0.668. The monoisotopic (exact) mass is 862 g/mol. The lowest BCUT2D eigenvalue weighted by Crippen LogP contribution is -2.45. The van der Waals surface area contributed by atoms with Gasteiger partial charge in [0.15, 0.2) is 0 Å². The van der Waals surface area contributed by atoms with Gasteiger partial charge in [-0.2, -0.15) is 0 Å². The third-order valence-electron chi connectivity index (χ3n) is 9.91. The van der Waals surface area contributed by atoms with Crippen molar-refractivity contribution in [2.45, 2.75) is 187 Å². The van der Waals surface area contributed by atoms with Crippen LogP contribution in [-0.2, 0) is 4.79 Å². The second-order valence-corrected chi connectivity index (χ2v) is 15.8. The zero-order chi connectivity index (χ0) is 45.6. The molecule has 63 heavy (non-hydrogen) atoms. The van der Waals surface area contributed by atoms with Crippen molar-refractivity contribution < 1.29 is 15.0 Å². The molecule has 0 radical (unpaired) electrons. The van der Waals surface area contributed by atoms with Gasteiger partial charge in [0.2, 0.25) is 5.91 Å². The van der Waals surface area contributed by atoms with E-state index in [4.69, 9.17) is 0 Å². The molecule has 0 fully saturated rings. The Labute approximate surface area is 388 Å². The second-order valence-electron chi connectivity index (χ2n) is 15.8. The Kier molecular flexibility index (Phi) is 48.6. The van der Waals surface area contributed by atoms with Crippen molar-refractivity contribution in [3.8, 4) is 0 Å². The normalized spacial score (nSPS) is 14.4. The van der Waals surface area contributed by atoms with Crippen molar-refractivity contribution in [1.29, 1.82) is 0 Å². The summed E-state index contributed by atoms with van der Waals surface area (Å²) in [5.41, 5.74) is 0. The summed E-state index contributed by atoms with van der Waals surface area (Å²) in [5.74, 6) is -0.108. The molecule has 350 valence electrons. The average Bonchev–Trinajstić information content (AvgIpc) is 3.29. The van der Waals surface area contributed by atoms with Gasteiger partial charge < -0.3 is 15.5 Å². The minimum atomic E-state index is -0.889. The van der Waals surface area contributed by atoms with Crippen molar-refractivity contribution in [2.24, 2.45) is 0 Å². The number of allylic oxidation sites excluding steroid dienone is 27. The molecule has 0 saturated carbocycles. The molecule has 0 spiro atoms. The first kappa shape index (κ1) is 58.8. The molecule has 3 N–H and O–H groups in total. The van der Waals surface area contributed by atoms with Gasteiger partial charge in [0.25, 0.3) is 0 Å². The van der Waals surface area contributed by atoms with E-state index in [1.807, 2.05) is 6.08 Å². The van der Waals surface area contributed by atoms with Gasteiger partial charge in [-0.1, -0.05) is 216 Å². The molecule has 0 heterocycles. The lowest BCUT2D eigenvalue weighted by Gasteiger charge is -2.19. The molecule has 0 aliphatic rings. The standard InChI is InChI=1S/C59H91NO3/c1-3-5-7-9-11-13-15-17-18-19-20-21-22-23-24-25-26-27-28-29-30-31-32-33-34-35-36-37-38-39-40-41-42-43-45-47-49-51-53-55-59(63)60-57(56-61)58(62)54-52-50-48-46-44-16-14-12-10-8-6-4-2/h5,7,10-13,17-18,20-21,23-24,26-27,29-30,32-33,35-36,38-39,41-42,44,46,52,54,57-58,61-62H,3-4,6,8-9,14-16,19,22,25,28,31,34,37,40,43,45,47-51,53,55-56H2,1-2H3,(H,60,63)/b7-5-,12-10+,13-11-,18-17-,21-20-,24-23-,27-26-,30-29-,33-32-,36-35-,39-38-,42-41-,46-44+,54-52+. The number of carbonyl (C=O) groups is 1. The molecule has 2 unspecified atom stereocenters. The first-order chi connectivity index (χ1) is 31.2. The number of hydrogen-bond acceptors (Lipinski definition) is 3. The summed E-state index contributed by atoms with van der Waals surface area (Å²) >= 11 is 0. The Hall–Kier alpha value is -4.25. The van der Waals surface area contributed by atoms with Gasteiger partial charge in [-0.15, -0.1) is 0 Å². The third-order valence-corrected chi connectivity index (χ3v) is 9.91. The molecule has 0 bridgehead atoms. The highest BCUT2D eigenvalue weighted by molar-refractivity contribution is 5.76. The highest BCUT2D eigenvalue weighted by atomic mass is 16.3. The number of nitrogens with one attached hydrogen (secondary N) is 1. The van der Waals surface area contributed by atoms with Crippen LogP contribution in [0.2, 0.25) is 0 Å². The number of rotatable bonds is 42. The van der Waals surface area contributed by atoms with Crippen LogP contribution in [0.3, 0.4) is 0 Å². The van der Waals surface area contributed by atoms with Crippen LogP contribution in [0.4, 0.5) is 0 Å². The van der Waals surface area contributed by atoms with Crippen LogP contribution < -0.4 is 5.32 Å². The Bertz CT molecular complexity index is 1440. The molecule has 4 nitrogen and oxygen atoms in total. The fraction of sp³-hybridized carbons (Fsp3) is 0.508. The fourth-order valence-electron chi connectivity index (χ4n) is 6.14. The molecule has 0 aromatic heterocycles. The summed E-state index contributed by atoms with van der Waals surface area (Å²) in [4.78, 5) is 12.4. The largest absolute Gasteiger partial charge is 0.394 e. The van der Waals surface area contributed by atoms with E-state index >= 15 is 0 Å². The summed E-state index contributed by atoms with van der Waals surface area (Å²) < 4.78 is 0. The highest BCUT2D eigenvalue weighted by Crippen LogP contribution is 2.09. The molecule has 1 amide bonds. The van der Waals surface area contributed by atoms with E-state index < -0.39 is 12.1 Å². The van der Waals surface area contributed by atoms with Crippen LogP contribution in [0.1, 0.15) is 174 Å². The summed E-state index contributed by atoms with van der Waals surface area (Å²) in [5, 5.41) is 22.9. The van der Waals surface area contributed by atoms with E-state index in [1.165, 1.54) is 25.7 Å². The van der Waals surface area contributed by atoms with Gasteiger partial charge in [-0.3, -0.25) is 4.79 Å². The van der Waals surface area contributed by atoms with E-state index in [-0.39, 0.29) is 12.5 Å². The molecule has 2 atom stereocenters. The molecule has 0 rings (SSSR count). The second kappa shape index (κ2) is 52.1. The zero-order valence-corrected chi connectivity index (χ0v) is 40.0. The Balaban J connectivity index is 3.74. The maximum Gasteiger partial charge on any atom is 0.220 e. The van der Waals surface area contributed by atoms with E-state index in [0.717, 1.165) is 128 Å². The number of carbonyl (C=O) groups excluding carboxylic acids is 1. The van der Waals surface area contributed by atoms with Crippen molar-refractivity contribution >= 4 is 5.91 Å². The first-order valence-corrected chi connectivity index (χ1v) is 24.8. The van der Waals surface area contributed by atoms with Crippen LogP contribution >= 0.6 is 0 Å². The van der Waals surface area contributed by atoms with Crippen LogP contribution in [-0.4, -0.2) is 34.9 Å². The van der Waals surface area contributed by atoms with Gasteiger partial charge in [-0.25, -0.2) is 0 Å². The molecule has 0 aromatic carbocycles. The van der Waals surface area contributed by atoms with Gasteiger partial charge in [0.05, 0.1) is 18.8 Å². The van der Waals surface area contributed by atoms with Crippen LogP contribution in [0.15, 0.2) is 170 Å². The van der Waals surface area contributed by atoms with Crippen LogP contribution in [0, 0.1) is 0 Å². The topological polar surface area (TPSA) is 69.6 Å². The fourth-order valence-corrected chi connectivity index (χ4v) is 6.14. The minimum Gasteiger partial charge on any atom is -0.394 e. The Morgan fingerprint density at radius 3 is 1.11 bits per heavy atom.